The summed E-state index contributed by atoms with van der Waals surface area (Å²) in [6.07, 6.45) is 0. The zero-order valence-electron chi connectivity index (χ0n) is 8.04. The van der Waals surface area contributed by atoms with Crippen molar-refractivity contribution in [2.75, 3.05) is 32.4 Å². The zero-order valence-corrected chi connectivity index (χ0v) is 8.86. The SMILES string of the molecule is CNS(=O)(=O)CCNC(=O)C1CNC1. The summed E-state index contributed by atoms with van der Waals surface area (Å²) in [4.78, 5) is 11.2. The second-order valence-corrected chi connectivity index (χ2v) is 5.22. The van der Waals surface area contributed by atoms with Gasteiger partial charge in [-0.2, -0.15) is 0 Å². The Morgan fingerprint density at radius 1 is 1.50 bits per heavy atom. The van der Waals surface area contributed by atoms with Crippen molar-refractivity contribution >= 4 is 15.9 Å². The number of carbonyl (C=O) groups excluding carboxylic acids is 1. The third kappa shape index (κ3) is 3.24. The number of amides is 1. The Balaban J connectivity index is 2.17. The van der Waals surface area contributed by atoms with Crippen molar-refractivity contribution in [3.63, 3.8) is 0 Å². The van der Waals surface area contributed by atoms with E-state index < -0.39 is 10.0 Å². The van der Waals surface area contributed by atoms with Gasteiger partial charge >= 0.3 is 0 Å². The van der Waals surface area contributed by atoms with E-state index >= 15 is 0 Å². The number of sulfonamides is 1. The first-order valence-electron chi connectivity index (χ1n) is 4.45. The Labute approximate surface area is 83.5 Å². The van der Waals surface area contributed by atoms with Gasteiger partial charge in [-0.1, -0.05) is 0 Å². The molecule has 0 atom stereocenters. The monoisotopic (exact) mass is 221 g/mol. The van der Waals surface area contributed by atoms with E-state index in [1.807, 2.05) is 0 Å². The number of hydrogen-bond donors (Lipinski definition) is 3. The standard InChI is InChI=1S/C7H15N3O3S/c1-8-14(12,13)3-2-10-7(11)6-4-9-5-6/h6,8-9H,2-5H2,1H3,(H,10,11). The lowest BCUT2D eigenvalue weighted by atomic mass is 10.0. The molecular weight excluding hydrogens is 206 g/mol. The molecule has 1 aliphatic rings. The molecule has 0 aliphatic carbocycles. The third-order valence-electron chi connectivity index (χ3n) is 2.13. The second kappa shape index (κ2) is 4.72. The Morgan fingerprint density at radius 3 is 2.57 bits per heavy atom. The van der Waals surface area contributed by atoms with Gasteiger partial charge in [0.05, 0.1) is 11.7 Å². The number of hydrogen-bond acceptors (Lipinski definition) is 4. The molecule has 0 saturated carbocycles. The van der Waals surface area contributed by atoms with Crippen LogP contribution in [0.25, 0.3) is 0 Å². The average molecular weight is 221 g/mol. The minimum absolute atomic E-state index is 0.00675. The van der Waals surface area contributed by atoms with Crippen molar-refractivity contribution in [3.05, 3.63) is 0 Å². The molecule has 1 amide bonds. The van der Waals surface area contributed by atoms with Crippen LogP contribution in [0.1, 0.15) is 0 Å². The van der Waals surface area contributed by atoms with Gasteiger partial charge in [-0.25, -0.2) is 13.1 Å². The highest BCUT2D eigenvalue weighted by molar-refractivity contribution is 7.89. The predicted octanol–water partition coefficient (Wildman–Crippen LogP) is -2.13. The van der Waals surface area contributed by atoms with Crippen LogP contribution in [0.5, 0.6) is 0 Å². The Kier molecular flexibility index (Phi) is 3.85. The van der Waals surface area contributed by atoms with Crippen LogP contribution in [-0.4, -0.2) is 46.8 Å². The van der Waals surface area contributed by atoms with Crippen molar-refractivity contribution in [2.24, 2.45) is 5.92 Å². The van der Waals surface area contributed by atoms with E-state index in [2.05, 4.69) is 15.4 Å². The molecule has 1 rings (SSSR count). The maximum Gasteiger partial charge on any atom is 0.225 e. The minimum Gasteiger partial charge on any atom is -0.355 e. The highest BCUT2D eigenvalue weighted by Crippen LogP contribution is 2.01. The number of carbonyl (C=O) groups is 1. The smallest absolute Gasteiger partial charge is 0.225 e. The molecule has 6 nitrogen and oxygen atoms in total. The molecule has 0 aromatic rings. The molecule has 7 heteroatoms. The van der Waals surface area contributed by atoms with Gasteiger partial charge < -0.3 is 10.6 Å². The number of nitrogens with one attached hydrogen (secondary N) is 3. The van der Waals surface area contributed by atoms with Crippen LogP contribution < -0.4 is 15.4 Å². The van der Waals surface area contributed by atoms with Gasteiger partial charge in [-0.15, -0.1) is 0 Å². The van der Waals surface area contributed by atoms with E-state index in [0.29, 0.717) is 13.1 Å². The lowest BCUT2D eigenvalue weighted by molar-refractivity contribution is -0.126. The van der Waals surface area contributed by atoms with Gasteiger partial charge in [0.2, 0.25) is 15.9 Å². The van der Waals surface area contributed by atoms with Crippen LogP contribution in [-0.2, 0) is 14.8 Å². The lowest BCUT2D eigenvalue weighted by Crippen LogP contribution is -2.51. The molecule has 0 spiro atoms. The molecule has 14 heavy (non-hydrogen) atoms. The van der Waals surface area contributed by atoms with Crippen molar-refractivity contribution in [2.45, 2.75) is 0 Å². The Morgan fingerprint density at radius 2 is 2.14 bits per heavy atom. The molecule has 0 radical (unpaired) electrons. The van der Waals surface area contributed by atoms with Crippen molar-refractivity contribution in [3.8, 4) is 0 Å². The Hall–Kier alpha value is -0.660. The first-order chi connectivity index (χ1) is 6.55. The summed E-state index contributed by atoms with van der Waals surface area (Å²) in [5.41, 5.74) is 0. The van der Waals surface area contributed by atoms with Gasteiger partial charge in [0.25, 0.3) is 0 Å². The van der Waals surface area contributed by atoms with Gasteiger partial charge in [0, 0.05) is 19.6 Å². The second-order valence-electron chi connectivity index (χ2n) is 3.17. The van der Waals surface area contributed by atoms with E-state index in [4.69, 9.17) is 0 Å². The van der Waals surface area contributed by atoms with E-state index in [-0.39, 0.29) is 24.1 Å². The quantitative estimate of drug-likeness (QED) is 0.495. The van der Waals surface area contributed by atoms with E-state index in [1.54, 1.807) is 0 Å². The highest BCUT2D eigenvalue weighted by atomic mass is 32.2. The molecule has 0 aromatic heterocycles. The summed E-state index contributed by atoms with van der Waals surface area (Å²) in [7, 11) is -1.86. The van der Waals surface area contributed by atoms with E-state index in [0.717, 1.165) is 0 Å². The van der Waals surface area contributed by atoms with Crippen LogP contribution in [0.3, 0.4) is 0 Å². The van der Waals surface area contributed by atoms with Gasteiger partial charge in [0.15, 0.2) is 0 Å². The first-order valence-corrected chi connectivity index (χ1v) is 6.10. The maximum absolute atomic E-state index is 11.2. The average Bonchev–Trinajstić information content (AvgIpc) is 2.01. The first kappa shape index (κ1) is 11.4. The summed E-state index contributed by atoms with van der Waals surface area (Å²) in [5.74, 6) is -0.141. The topological polar surface area (TPSA) is 87.3 Å². The summed E-state index contributed by atoms with van der Waals surface area (Å²) in [6.45, 7) is 1.54. The third-order valence-corrected chi connectivity index (χ3v) is 3.50. The number of rotatable bonds is 5. The van der Waals surface area contributed by atoms with Crippen LogP contribution in [0, 0.1) is 5.92 Å². The lowest BCUT2D eigenvalue weighted by Gasteiger charge is -2.25. The minimum atomic E-state index is -3.21. The normalized spacial score (nSPS) is 17.5. The van der Waals surface area contributed by atoms with E-state index in [9.17, 15) is 13.2 Å². The molecular formula is C7H15N3O3S. The fraction of sp³-hybridized carbons (Fsp3) is 0.857. The summed E-state index contributed by atoms with van der Waals surface area (Å²) in [6, 6.07) is 0. The largest absolute Gasteiger partial charge is 0.355 e. The van der Waals surface area contributed by atoms with Crippen LogP contribution in [0.4, 0.5) is 0 Å². The molecule has 0 aromatic carbocycles. The van der Waals surface area contributed by atoms with Gasteiger partial charge in [-0.05, 0) is 7.05 Å². The molecule has 0 unspecified atom stereocenters. The predicted molar refractivity (Wildman–Crippen MR) is 52.2 cm³/mol. The fourth-order valence-corrected chi connectivity index (χ4v) is 1.60. The van der Waals surface area contributed by atoms with Crippen LogP contribution >= 0.6 is 0 Å². The fourth-order valence-electron chi connectivity index (χ4n) is 1.03. The molecule has 0 bridgehead atoms. The maximum atomic E-state index is 11.2. The van der Waals surface area contributed by atoms with Crippen molar-refractivity contribution in [1.82, 2.24) is 15.4 Å². The van der Waals surface area contributed by atoms with Gasteiger partial charge in [0.1, 0.15) is 0 Å². The van der Waals surface area contributed by atoms with E-state index in [1.165, 1.54) is 7.05 Å². The molecule has 82 valence electrons. The zero-order chi connectivity index (χ0) is 10.6. The van der Waals surface area contributed by atoms with Crippen LogP contribution in [0.2, 0.25) is 0 Å². The summed E-state index contributed by atoms with van der Waals surface area (Å²) < 4.78 is 24.1. The van der Waals surface area contributed by atoms with Gasteiger partial charge in [-0.3, -0.25) is 4.79 Å². The van der Waals surface area contributed by atoms with Crippen LogP contribution in [0.15, 0.2) is 0 Å². The van der Waals surface area contributed by atoms with Crippen molar-refractivity contribution in [1.29, 1.82) is 0 Å². The highest BCUT2D eigenvalue weighted by Gasteiger charge is 2.24. The van der Waals surface area contributed by atoms with Crippen molar-refractivity contribution < 1.29 is 13.2 Å². The molecule has 1 saturated heterocycles. The molecule has 3 N–H and O–H groups in total. The molecule has 1 aliphatic heterocycles. The Bertz CT molecular complexity index is 297. The summed E-state index contributed by atoms with van der Waals surface area (Å²) >= 11 is 0. The molecule has 1 fully saturated rings. The molecule has 1 heterocycles. The summed E-state index contributed by atoms with van der Waals surface area (Å²) in [5, 5.41) is 5.55.